The molecule has 1 aromatic heterocycles. The van der Waals surface area contributed by atoms with E-state index < -0.39 is 0 Å². The van der Waals surface area contributed by atoms with E-state index in [2.05, 4.69) is 45.1 Å². The maximum Gasteiger partial charge on any atom is 0.231 e. The van der Waals surface area contributed by atoms with Crippen LogP contribution in [0.25, 0.3) is 17.1 Å². The van der Waals surface area contributed by atoms with Gasteiger partial charge in [0.05, 0.1) is 0 Å². The summed E-state index contributed by atoms with van der Waals surface area (Å²) in [6.45, 7) is 0.286. The molecule has 0 saturated heterocycles. The molecule has 0 aliphatic carbocycles. The van der Waals surface area contributed by atoms with Crippen LogP contribution >= 0.6 is 11.8 Å². The number of thioether (sulfide) groups is 1. The van der Waals surface area contributed by atoms with Crippen molar-refractivity contribution >= 4 is 11.8 Å². The maximum absolute atomic E-state index is 5.48. The van der Waals surface area contributed by atoms with Crippen LogP contribution in [0.4, 0.5) is 0 Å². The molecule has 1 aliphatic rings. The Morgan fingerprint density at radius 1 is 0.821 bits per heavy atom. The third-order valence-electron chi connectivity index (χ3n) is 4.48. The second-order valence-corrected chi connectivity index (χ2v) is 7.26. The topological polar surface area (TPSA) is 49.2 Å². The summed E-state index contributed by atoms with van der Waals surface area (Å²) in [6, 6.07) is 26.4. The Bertz CT molecular complexity index is 1100. The average Bonchev–Trinajstić information content (AvgIpc) is 3.40. The zero-order valence-electron chi connectivity index (χ0n) is 15.0. The largest absolute Gasteiger partial charge is 0.454 e. The van der Waals surface area contributed by atoms with Crippen LogP contribution in [0.1, 0.15) is 5.56 Å². The summed E-state index contributed by atoms with van der Waals surface area (Å²) in [5, 5.41) is 9.81. The van der Waals surface area contributed by atoms with Crippen molar-refractivity contribution in [3.8, 4) is 28.6 Å². The predicted molar refractivity (Wildman–Crippen MR) is 109 cm³/mol. The first kappa shape index (κ1) is 16.9. The van der Waals surface area contributed by atoms with Crippen LogP contribution in [0.3, 0.4) is 0 Å². The van der Waals surface area contributed by atoms with Gasteiger partial charge in [-0.2, -0.15) is 0 Å². The number of benzene rings is 3. The summed E-state index contributed by atoms with van der Waals surface area (Å²) < 4.78 is 13.0. The van der Waals surface area contributed by atoms with Gasteiger partial charge in [0.25, 0.3) is 0 Å². The van der Waals surface area contributed by atoms with Gasteiger partial charge in [-0.05, 0) is 29.8 Å². The molecule has 138 valence electrons. The van der Waals surface area contributed by atoms with Gasteiger partial charge in [0.2, 0.25) is 6.79 Å². The van der Waals surface area contributed by atoms with Crippen LogP contribution in [-0.4, -0.2) is 21.6 Å². The molecule has 0 amide bonds. The van der Waals surface area contributed by atoms with Crippen molar-refractivity contribution in [2.75, 3.05) is 6.79 Å². The van der Waals surface area contributed by atoms with E-state index in [1.54, 1.807) is 11.8 Å². The lowest BCUT2D eigenvalue weighted by atomic mass is 10.2. The summed E-state index contributed by atoms with van der Waals surface area (Å²) >= 11 is 1.65. The minimum Gasteiger partial charge on any atom is -0.454 e. The fourth-order valence-corrected chi connectivity index (χ4v) is 4.02. The summed E-state index contributed by atoms with van der Waals surface area (Å²) in [5.74, 6) is 3.19. The van der Waals surface area contributed by atoms with Crippen LogP contribution < -0.4 is 9.47 Å². The zero-order chi connectivity index (χ0) is 18.8. The van der Waals surface area contributed by atoms with Gasteiger partial charge >= 0.3 is 0 Å². The number of para-hydroxylation sites is 1. The minimum atomic E-state index is 0.286. The second kappa shape index (κ2) is 7.40. The van der Waals surface area contributed by atoms with Gasteiger partial charge < -0.3 is 9.47 Å². The van der Waals surface area contributed by atoms with E-state index in [9.17, 15) is 0 Å². The number of rotatable bonds is 5. The lowest BCUT2D eigenvalue weighted by molar-refractivity contribution is 0.174. The molecular weight excluding hydrogens is 370 g/mol. The van der Waals surface area contributed by atoms with Crippen LogP contribution in [0.2, 0.25) is 0 Å². The van der Waals surface area contributed by atoms with Gasteiger partial charge in [-0.25, -0.2) is 0 Å². The predicted octanol–water partition coefficient (Wildman–Crippen LogP) is 4.96. The molecule has 0 atom stereocenters. The molecular formula is C22H17N3O2S. The molecule has 0 radical (unpaired) electrons. The smallest absolute Gasteiger partial charge is 0.231 e. The monoisotopic (exact) mass is 387 g/mol. The summed E-state index contributed by atoms with van der Waals surface area (Å²) in [7, 11) is 0. The molecule has 0 fully saturated rings. The Morgan fingerprint density at radius 2 is 1.57 bits per heavy atom. The average molecular weight is 387 g/mol. The normalized spacial score (nSPS) is 12.3. The van der Waals surface area contributed by atoms with Crippen LogP contribution in [0, 0.1) is 0 Å². The molecule has 28 heavy (non-hydrogen) atoms. The highest BCUT2D eigenvalue weighted by Crippen LogP contribution is 2.35. The Hall–Kier alpha value is -3.25. The highest BCUT2D eigenvalue weighted by atomic mass is 32.2. The summed E-state index contributed by atoms with van der Waals surface area (Å²) in [5.41, 5.74) is 3.23. The number of hydrogen-bond acceptors (Lipinski definition) is 5. The fourth-order valence-electron chi connectivity index (χ4n) is 3.13. The SMILES string of the molecule is c1ccc(-c2nnc(SCc3ccc4c(c3)OCO4)n2-c2ccccc2)cc1. The van der Waals surface area contributed by atoms with E-state index in [1.165, 1.54) is 0 Å². The molecule has 0 spiro atoms. The quantitative estimate of drug-likeness (QED) is 0.453. The highest BCUT2D eigenvalue weighted by Gasteiger charge is 2.17. The lowest BCUT2D eigenvalue weighted by Gasteiger charge is -2.10. The van der Waals surface area contributed by atoms with Gasteiger partial charge in [-0.1, -0.05) is 66.4 Å². The van der Waals surface area contributed by atoms with Gasteiger partial charge in [0.15, 0.2) is 22.5 Å². The van der Waals surface area contributed by atoms with E-state index in [1.807, 2.05) is 48.5 Å². The lowest BCUT2D eigenvalue weighted by Crippen LogP contribution is -1.99. The third-order valence-corrected chi connectivity index (χ3v) is 5.48. The van der Waals surface area contributed by atoms with Gasteiger partial charge in [-0.3, -0.25) is 4.57 Å². The first-order chi connectivity index (χ1) is 13.9. The van der Waals surface area contributed by atoms with E-state index in [0.717, 1.165) is 45.0 Å². The zero-order valence-corrected chi connectivity index (χ0v) is 15.8. The number of fused-ring (bicyclic) bond motifs is 1. The number of ether oxygens (including phenoxy) is 2. The van der Waals surface area contributed by atoms with E-state index in [0.29, 0.717) is 0 Å². The number of hydrogen-bond donors (Lipinski definition) is 0. The van der Waals surface area contributed by atoms with Crippen molar-refractivity contribution in [1.82, 2.24) is 14.8 Å². The van der Waals surface area contributed by atoms with Gasteiger partial charge in [-0.15, -0.1) is 10.2 Å². The van der Waals surface area contributed by atoms with Crippen molar-refractivity contribution in [3.63, 3.8) is 0 Å². The highest BCUT2D eigenvalue weighted by molar-refractivity contribution is 7.98. The number of nitrogens with zero attached hydrogens (tertiary/aromatic N) is 3. The Morgan fingerprint density at radius 3 is 2.39 bits per heavy atom. The van der Waals surface area contributed by atoms with Crippen LogP contribution in [0.5, 0.6) is 11.5 Å². The molecule has 0 N–H and O–H groups in total. The minimum absolute atomic E-state index is 0.286. The van der Waals surface area contributed by atoms with Crippen LogP contribution in [-0.2, 0) is 5.75 Å². The molecule has 0 bridgehead atoms. The molecule has 4 aromatic rings. The van der Waals surface area contributed by atoms with Crippen molar-refractivity contribution in [2.24, 2.45) is 0 Å². The summed E-state index contributed by atoms with van der Waals surface area (Å²) in [6.07, 6.45) is 0. The third kappa shape index (κ3) is 3.23. The van der Waals surface area contributed by atoms with Crippen molar-refractivity contribution in [2.45, 2.75) is 10.9 Å². The standard InChI is InChI=1S/C22H17N3O2S/c1-3-7-17(8-4-1)21-23-24-22(25(21)18-9-5-2-6-10-18)28-14-16-11-12-19-20(13-16)27-15-26-19/h1-13H,14-15H2. The molecule has 3 aromatic carbocycles. The van der Waals surface area contributed by atoms with Crippen molar-refractivity contribution in [3.05, 3.63) is 84.4 Å². The molecule has 2 heterocycles. The first-order valence-corrected chi connectivity index (χ1v) is 9.94. The van der Waals surface area contributed by atoms with E-state index >= 15 is 0 Å². The summed E-state index contributed by atoms with van der Waals surface area (Å²) in [4.78, 5) is 0. The molecule has 0 unspecified atom stereocenters. The van der Waals surface area contributed by atoms with Gasteiger partial charge in [0, 0.05) is 17.0 Å². The van der Waals surface area contributed by atoms with Crippen LogP contribution in [0.15, 0.2) is 84.0 Å². The molecule has 6 heteroatoms. The van der Waals surface area contributed by atoms with E-state index in [4.69, 9.17) is 9.47 Å². The van der Waals surface area contributed by atoms with Crippen molar-refractivity contribution < 1.29 is 9.47 Å². The molecule has 5 nitrogen and oxygen atoms in total. The van der Waals surface area contributed by atoms with E-state index in [-0.39, 0.29) is 6.79 Å². The van der Waals surface area contributed by atoms with Crippen molar-refractivity contribution in [1.29, 1.82) is 0 Å². The molecule has 1 aliphatic heterocycles. The fraction of sp³-hybridized carbons (Fsp3) is 0.0909. The Labute approximate surface area is 167 Å². The number of aromatic nitrogens is 3. The Kier molecular flexibility index (Phi) is 4.47. The molecule has 5 rings (SSSR count). The maximum atomic E-state index is 5.48. The first-order valence-electron chi connectivity index (χ1n) is 8.96. The van der Waals surface area contributed by atoms with Gasteiger partial charge in [0.1, 0.15) is 0 Å². The second-order valence-electron chi connectivity index (χ2n) is 6.32. The Balaban J connectivity index is 1.48. The molecule has 0 saturated carbocycles.